The average molecular weight is 342 g/mol. The molecule has 0 amide bonds. The van der Waals surface area contributed by atoms with E-state index in [4.69, 9.17) is 4.74 Å². The number of nitrogens with zero attached hydrogens (tertiary/aromatic N) is 2. The molecule has 6 heteroatoms. The number of ether oxygens (including phenoxy) is 1. The van der Waals surface area contributed by atoms with E-state index in [1.165, 1.54) is 6.07 Å². The molecule has 3 rings (SSSR count). The van der Waals surface area contributed by atoms with Crippen LogP contribution in [-0.4, -0.2) is 15.7 Å². The van der Waals surface area contributed by atoms with Gasteiger partial charge in [0.2, 0.25) is 0 Å². The van der Waals surface area contributed by atoms with E-state index in [9.17, 15) is 13.6 Å². The van der Waals surface area contributed by atoms with Gasteiger partial charge in [-0.15, -0.1) is 0 Å². The lowest BCUT2D eigenvalue weighted by atomic mass is 10.2. The third-order valence-corrected chi connectivity index (χ3v) is 3.72. The predicted octanol–water partition coefficient (Wildman–Crippen LogP) is 4.12. The maximum absolute atomic E-state index is 13.2. The third kappa shape index (κ3) is 3.74. The van der Waals surface area contributed by atoms with Crippen LogP contribution in [0.5, 0.6) is 0 Å². The summed E-state index contributed by atoms with van der Waals surface area (Å²) >= 11 is 0. The monoisotopic (exact) mass is 342 g/mol. The quantitative estimate of drug-likeness (QED) is 0.670. The molecular weight excluding hydrogens is 326 g/mol. The summed E-state index contributed by atoms with van der Waals surface area (Å²) in [6.45, 7) is 3.93. The van der Waals surface area contributed by atoms with Crippen molar-refractivity contribution in [1.82, 2.24) is 9.78 Å². The minimum Gasteiger partial charge on any atom is -0.457 e. The number of carbonyl (C=O) groups is 1. The molecule has 0 fully saturated rings. The van der Waals surface area contributed by atoms with Crippen LogP contribution in [0.15, 0.2) is 48.5 Å². The van der Waals surface area contributed by atoms with Gasteiger partial charge in [0, 0.05) is 5.69 Å². The van der Waals surface area contributed by atoms with Crippen LogP contribution in [0.4, 0.5) is 8.78 Å². The van der Waals surface area contributed by atoms with Crippen molar-refractivity contribution < 1.29 is 18.3 Å². The van der Waals surface area contributed by atoms with E-state index in [2.05, 4.69) is 5.10 Å². The highest BCUT2D eigenvalue weighted by molar-refractivity contribution is 5.89. The van der Waals surface area contributed by atoms with E-state index < -0.39 is 17.6 Å². The maximum Gasteiger partial charge on any atom is 0.338 e. The zero-order chi connectivity index (χ0) is 18.0. The molecule has 0 bridgehead atoms. The summed E-state index contributed by atoms with van der Waals surface area (Å²) in [5, 5.41) is 4.40. The first-order valence-electron chi connectivity index (χ1n) is 7.69. The Hall–Kier alpha value is -3.02. The molecule has 0 unspecified atom stereocenters. The van der Waals surface area contributed by atoms with Gasteiger partial charge in [0.25, 0.3) is 0 Å². The zero-order valence-corrected chi connectivity index (χ0v) is 13.8. The van der Waals surface area contributed by atoms with Crippen LogP contribution >= 0.6 is 0 Å². The number of aromatic nitrogens is 2. The van der Waals surface area contributed by atoms with Crippen molar-refractivity contribution in [2.24, 2.45) is 0 Å². The Kier molecular flexibility index (Phi) is 4.61. The molecule has 1 aromatic heterocycles. The number of aryl methyl sites for hydroxylation is 2. The second kappa shape index (κ2) is 6.84. The van der Waals surface area contributed by atoms with E-state index in [0.29, 0.717) is 0 Å². The fourth-order valence-corrected chi connectivity index (χ4v) is 2.48. The molecule has 128 valence electrons. The standard InChI is InChI=1S/C19H16F2N2O2/c1-12-9-13(2)23(22-12)16-6-3-14(4-7-16)11-25-19(24)15-5-8-17(20)18(21)10-15/h3-10H,11H2,1-2H3. The van der Waals surface area contributed by atoms with Gasteiger partial charge in [0.1, 0.15) is 6.61 Å². The summed E-state index contributed by atoms with van der Waals surface area (Å²) in [7, 11) is 0. The van der Waals surface area contributed by atoms with Gasteiger partial charge in [0.15, 0.2) is 11.6 Å². The number of hydrogen-bond acceptors (Lipinski definition) is 3. The number of halogens is 2. The van der Waals surface area contributed by atoms with Gasteiger partial charge in [-0.25, -0.2) is 18.3 Å². The fraction of sp³-hybridized carbons (Fsp3) is 0.158. The molecular formula is C19H16F2N2O2. The van der Waals surface area contributed by atoms with Gasteiger partial charge in [-0.05, 0) is 55.8 Å². The second-order valence-corrected chi connectivity index (χ2v) is 5.71. The minimum atomic E-state index is -1.08. The van der Waals surface area contributed by atoms with Crippen LogP contribution < -0.4 is 0 Å². The number of carbonyl (C=O) groups excluding carboxylic acids is 1. The molecule has 0 spiro atoms. The summed E-state index contributed by atoms with van der Waals surface area (Å²) < 4.78 is 33.0. The van der Waals surface area contributed by atoms with Crippen molar-refractivity contribution in [3.63, 3.8) is 0 Å². The normalized spacial score (nSPS) is 10.7. The Morgan fingerprint density at radius 2 is 1.76 bits per heavy atom. The number of esters is 1. The zero-order valence-electron chi connectivity index (χ0n) is 13.8. The number of benzene rings is 2. The first-order chi connectivity index (χ1) is 11.9. The Labute approximate surface area is 143 Å². The molecule has 0 atom stereocenters. The smallest absolute Gasteiger partial charge is 0.338 e. The van der Waals surface area contributed by atoms with Crippen molar-refractivity contribution >= 4 is 5.97 Å². The van der Waals surface area contributed by atoms with E-state index in [1.54, 1.807) is 0 Å². The summed E-state index contributed by atoms with van der Waals surface area (Å²) in [5.74, 6) is -2.79. The minimum absolute atomic E-state index is 0.0295. The molecule has 0 saturated heterocycles. The maximum atomic E-state index is 13.2. The van der Waals surface area contributed by atoms with Gasteiger partial charge < -0.3 is 4.74 Å². The van der Waals surface area contributed by atoms with Crippen molar-refractivity contribution in [1.29, 1.82) is 0 Å². The highest BCUT2D eigenvalue weighted by atomic mass is 19.2. The lowest BCUT2D eigenvalue weighted by Gasteiger charge is -2.08. The molecule has 2 aromatic carbocycles. The fourth-order valence-electron chi connectivity index (χ4n) is 2.48. The van der Waals surface area contributed by atoms with Gasteiger partial charge in [0.05, 0.1) is 16.9 Å². The van der Waals surface area contributed by atoms with E-state index in [-0.39, 0.29) is 12.2 Å². The first-order valence-corrected chi connectivity index (χ1v) is 7.69. The molecule has 0 aliphatic carbocycles. The summed E-state index contributed by atoms with van der Waals surface area (Å²) in [4.78, 5) is 11.9. The molecule has 0 radical (unpaired) electrons. The van der Waals surface area contributed by atoms with Crippen molar-refractivity contribution in [2.75, 3.05) is 0 Å². The molecule has 0 aliphatic rings. The van der Waals surface area contributed by atoms with E-state index in [1.807, 2.05) is 48.9 Å². The van der Waals surface area contributed by atoms with Gasteiger partial charge in [-0.2, -0.15) is 5.10 Å². The molecule has 0 saturated carbocycles. The topological polar surface area (TPSA) is 44.1 Å². The molecule has 0 N–H and O–H groups in total. The Morgan fingerprint density at radius 3 is 2.36 bits per heavy atom. The first kappa shape index (κ1) is 16.8. The molecule has 3 aromatic rings. The molecule has 25 heavy (non-hydrogen) atoms. The van der Waals surface area contributed by atoms with Gasteiger partial charge in [-0.1, -0.05) is 12.1 Å². The Balaban J connectivity index is 1.66. The lowest BCUT2D eigenvalue weighted by molar-refractivity contribution is 0.0472. The van der Waals surface area contributed by atoms with Crippen molar-refractivity contribution in [3.8, 4) is 5.69 Å². The SMILES string of the molecule is Cc1cc(C)n(-c2ccc(COC(=O)c3ccc(F)c(F)c3)cc2)n1. The van der Waals surface area contributed by atoms with E-state index >= 15 is 0 Å². The summed E-state index contributed by atoms with van der Waals surface area (Å²) in [6.07, 6.45) is 0. The third-order valence-electron chi connectivity index (χ3n) is 3.72. The van der Waals surface area contributed by atoms with E-state index in [0.717, 1.165) is 34.8 Å². The lowest BCUT2D eigenvalue weighted by Crippen LogP contribution is -2.06. The Bertz CT molecular complexity index is 918. The molecule has 1 heterocycles. The number of rotatable bonds is 4. The summed E-state index contributed by atoms with van der Waals surface area (Å²) in [6, 6.07) is 12.3. The van der Waals surface area contributed by atoms with Crippen LogP contribution in [0, 0.1) is 25.5 Å². The van der Waals surface area contributed by atoms with Crippen molar-refractivity contribution in [3.05, 3.63) is 82.7 Å². The molecule has 4 nitrogen and oxygen atoms in total. The second-order valence-electron chi connectivity index (χ2n) is 5.71. The predicted molar refractivity (Wildman–Crippen MR) is 88.5 cm³/mol. The van der Waals surface area contributed by atoms with Gasteiger partial charge in [-0.3, -0.25) is 0 Å². The van der Waals surface area contributed by atoms with Crippen LogP contribution in [-0.2, 0) is 11.3 Å². The largest absolute Gasteiger partial charge is 0.457 e. The van der Waals surface area contributed by atoms with Crippen LogP contribution in [0.2, 0.25) is 0 Å². The van der Waals surface area contributed by atoms with Crippen LogP contribution in [0.25, 0.3) is 5.69 Å². The van der Waals surface area contributed by atoms with Crippen LogP contribution in [0.3, 0.4) is 0 Å². The van der Waals surface area contributed by atoms with Crippen molar-refractivity contribution in [2.45, 2.75) is 20.5 Å². The highest BCUT2D eigenvalue weighted by Gasteiger charge is 2.11. The number of hydrogen-bond donors (Lipinski definition) is 0. The average Bonchev–Trinajstić information content (AvgIpc) is 2.94. The van der Waals surface area contributed by atoms with Crippen LogP contribution in [0.1, 0.15) is 27.3 Å². The molecule has 0 aliphatic heterocycles. The summed E-state index contributed by atoms with van der Waals surface area (Å²) in [5.41, 5.74) is 3.61. The highest BCUT2D eigenvalue weighted by Crippen LogP contribution is 2.15. The Morgan fingerprint density at radius 1 is 1.04 bits per heavy atom. The van der Waals surface area contributed by atoms with Gasteiger partial charge >= 0.3 is 5.97 Å².